The van der Waals surface area contributed by atoms with Crippen molar-refractivity contribution in [3.05, 3.63) is 45.7 Å². The number of benzene rings is 1. The highest BCUT2D eigenvalue weighted by Gasteiger charge is 2.27. The Balaban J connectivity index is 1.61. The van der Waals surface area contributed by atoms with Gasteiger partial charge in [0.1, 0.15) is 10.8 Å². The molecular formula is C26H36ClN7O3S. The molecule has 0 amide bonds. The molecule has 4 N–H and O–H groups in total. The molecule has 0 bridgehead atoms. The lowest BCUT2D eigenvalue weighted by Crippen LogP contribution is -2.29. The lowest BCUT2D eigenvalue weighted by molar-refractivity contribution is 0.254. The van der Waals surface area contributed by atoms with E-state index in [0.717, 1.165) is 50.2 Å². The van der Waals surface area contributed by atoms with Gasteiger partial charge in [-0.1, -0.05) is 17.7 Å². The number of likely N-dealkylation sites (tertiary alicyclic amines) is 1. The van der Waals surface area contributed by atoms with Crippen LogP contribution in [0.2, 0.25) is 5.02 Å². The largest absolute Gasteiger partial charge is 0.488 e. The van der Waals surface area contributed by atoms with Crippen LogP contribution in [0.25, 0.3) is 0 Å². The van der Waals surface area contributed by atoms with Gasteiger partial charge in [-0.25, -0.2) is 13.4 Å². The van der Waals surface area contributed by atoms with E-state index in [2.05, 4.69) is 49.7 Å². The Labute approximate surface area is 229 Å². The fraction of sp³-hybridized carbons (Fsp3) is 0.500. The molecule has 2 aromatic rings. The summed E-state index contributed by atoms with van der Waals surface area (Å²) in [4.78, 5) is 15.1. The van der Waals surface area contributed by atoms with Crippen molar-refractivity contribution in [2.75, 3.05) is 37.8 Å². The average molecular weight is 562 g/mol. The minimum Gasteiger partial charge on any atom is -0.488 e. The Morgan fingerprint density at radius 1 is 1.26 bits per heavy atom. The maximum Gasteiger partial charge on any atom is 0.229 e. The first-order chi connectivity index (χ1) is 18.1. The van der Waals surface area contributed by atoms with E-state index in [-0.39, 0.29) is 33.6 Å². The number of halogens is 1. The van der Waals surface area contributed by atoms with E-state index in [1.807, 2.05) is 6.07 Å². The summed E-state index contributed by atoms with van der Waals surface area (Å²) in [7, 11) is -0.0612. The van der Waals surface area contributed by atoms with E-state index in [0.29, 0.717) is 5.92 Å². The van der Waals surface area contributed by atoms with E-state index < -0.39 is 15.1 Å². The number of ether oxygens (including phenoxy) is 1. The van der Waals surface area contributed by atoms with Gasteiger partial charge in [-0.3, -0.25) is 4.99 Å². The van der Waals surface area contributed by atoms with Crippen LogP contribution in [0, 0.1) is 0 Å². The molecule has 12 heteroatoms. The molecular weight excluding hydrogens is 526 g/mol. The molecule has 0 spiro atoms. The Morgan fingerprint density at radius 2 is 1.97 bits per heavy atom. The third kappa shape index (κ3) is 6.75. The van der Waals surface area contributed by atoms with Gasteiger partial charge < -0.3 is 26.0 Å². The summed E-state index contributed by atoms with van der Waals surface area (Å²) in [6, 6.07) is 6.25. The number of hydrogen-bond acceptors (Lipinski definition) is 10. The molecule has 1 aliphatic carbocycles. The van der Waals surface area contributed by atoms with Crippen LogP contribution in [0.4, 0.5) is 17.5 Å². The van der Waals surface area contributed by atoms with Gasteiger partial charge in [0.25, 0.3) is 0 Å². The van der Waals surface area contributed by atoms with Gasteiger partial charge >= 0.3 is 0 Å². The molecule has 4 rings (SSSR count). The standard InChI is InChI=1S/C26H36ClN7O3S/c1-16(2)38(35,36)24(28)22(15-29-3)31-25-20(27)14-30-26(33-25)32-21-8-5-18(13-23(21)37-19-6-7-19)17-9-11-34(4)12-10-17/h5,8,13-17,19H,6-7,9-12,28H2,1-4H3,(H2,30,31,32,33). The molecule has 206 valence electrons. The second-order valence-corrected chi connectivity index (χ2v) is 12.9. The molecule has 0 unspecified atom stereocenters. The van der Waals surface area contributed by atoms with E-state index in [1.165, 1.54) is 25.0 Å². The summed E-state index contributed by atoms with van der Waals surface area (Å²) in [6.45, 7) is 5.28. The molecule has 10 nitrogen and oxygen atoms in total. The highest BCUT2D eigenvalue weighted by Crippen LogP contribution is 2.38. The van der Waals surface area contributed by atoms with Crippen molar-refractivity contribution in [3.63, 3.8) is 0 Å². The summed E-state index contributed by atoms with van der Waals surface area (Å²) in [6.07, 6.45) is 7.29. The Hall–Kier alpha value is -2.89. The van der Waals surface area contributed by atoms with Gasteiger partial charge in [0.05, 0.1) is 28.9 Å². The van der Waals surface area contributed by atoms with Crippen molar-refractivity contribution >= 4 is 45.1 Å². The third-order valence-corrected chi connectivity index (χ3v) is 9.06. The van der Waals surface area contributed by atoms with Crippen LogP contribution in [0.5, 0.6) is 5.75 Å². The molecule has 1 aromatic carbocycles. The molecule has 2 fully saturated rings. The topological polar surface area (TPSA) is 135 Å². The predicted octanol–water partition coefficient (Wildman–Crippen LogP) is 4.29. The predicted molar refractivity (Wildman–Crippen MR) is 153 cm³/mol. The van der Waals surface area contributed by atoms with Gasteiger partial charge in [-0.2, -0.15) is 4.98 Å². The van der Waals surface area contributed by atoms with Crippen molar-refractivity contribution in [1.82, 2.24) is 14.9 Å². The number of nitrogens with zero attached hydrogens (tertiary/aromatic N) is 4. The smallest absolute Gasteiger partial charge is 0.229 e. The highest BCUT2D eigenvalue weighted by molar-refractivity contribution is 7.95. The first kappa shape index (κ1) is 28.1. The maximum absolute atomic E-state index is 12.6. The number of nitrogens with one attached hydrogen (secondary N) is 2. The van der Waals surface area contributed by atoms with Crippen LogP contribution in [0.15, 0.2) is 40.1 Å². The molecule has 1 aromatic heterocycles. The Kier molecular flexibility index (Phi) is 8.79. The zero-order valence-electron chi connectivity index (χ0n) is 22.2. The summed E-state index contributed by atoms with van der Waals surface area (Å²) in [5, 5.41) is 5.31. The van der Waals surface area contributed by atoms with E-state index in [4.69, 9.17) is 22.1 Å². The Bertz CT molecular complexity index is 1320. The van der Waals surface area contributed by atoms with Gasteiger partial charge in [-0.15, -0.1) is 0 Å². The third-order valence-electron chi connectivity index (χ3n) is 6.71. The van der Waals surface area contributed by atoms with Crippen molar-refractivity contribution < 1.29 is 13.2 Å². The zero-order valence-corrected chi connectivity index (χ0v) is 23.8. The van der Waals surface area contributed by atoms with Gasteiger partial charge in [0.15, 0.2) is 20.7 Å². The summed E-state index contributed by atoms with van der Waals surface area (Å²) in [5.74, 6) is 1.72. The minimum atomic E-state index is -3.74. The number of rotatable bonds is 10. The summed E-state index contributed by atoms with van der Waals surface area (Å²) >= 11 is 6.35. The van der Waals surface area contributed by atoms with Crippen LogP contribution >= 0.6 is 11.6 Å². The van der Waals surface area contributed by atoms with Crippen molar-refractivity contribution in [1.29, 1.82) is 0 Å². The number of piperidine rings is 1. The molecule has 0 radical (unpaired) electrons. The maximum atomic E-state index is 12.6. The first-order valence-electron chi connectivity index (χ1n) is 12.8. The van der Waals surface area contributed by atoms with Crippen LogP contribution in [-0.2, 0) is 9.84 Å². The van der Waals surface area contributed by atoms with Crippen LogP contribution in [0.3, 0.4) is 0 Å². The number of hydrogen-bond donors (Lipinski definition) is 3. The number of anilines is 3. The Morgan fingerprint density at radius 3 is 2.61 bits per heavy atom. The molecule has 0 atom stereocenters. The van der Waals surface area contributed by atoms with Crippen LogP contribution in [0.1, 0.15) is 51.0 Å². The second kappa shape index (κ2) is 11.9. The number of sulfone groups is 1. The highest BCUT2D eigenvalue weighted by atomic mass is 35.5. The second-order valence-electron chi connectivity index (χ2n) is 10.0. The normalized spacial score (nSPS) is 18.1. The number of aliphatic imine (C=N–C) groups is 1. The SMILES string of the molecule is CN=CC(Nc1nc(Nc2ccc(C3CCN(C)CC3)cc2OC2CC2)ncc1Cl)=C(N)S(=O)(=O)C(C)C. The van der Waals surface area contributed by atoms with E-state index >= 15 is 0 Å². The number of aromatic nitrogens is 2. The lowest BCUT2D eigenvalue weighted by atomic mass is 9.89. The number of nitrogens with two attached hydrogens (primary N) is 1. The average Bonchev–Trinajstić information content (AvgIpc) is 3.70. The lowest BCUT2D eigenvalue weighted by Gasteiger charge is -2.29. The van der Waals surface area contributed by atoms with Crippen molar-refractivity contribution in [3.8, 4) is 5.75 Å². The van der Waals surface area contributed by atoms with E-state index in [9.17, 15) is 8.42 Å². The van der Waals surface area contributed by atoms with Crippen LogP contribution < -0.4 is 21.1 Å². The first-order valence-corrected chi connectivity index (χ1v) is 14.7. The molecule has 2 heterocycles. The molecule has 38 heavy (non-hydrogen) atoms. The van der Waals surface area contributed by atoms with Gasteiger partial charge in [0, 0.05) is 13.3 Å². The molecule has 1 saturated heterocycles. The van der Waals surface area contributed by atoms with Gasteiger partial charge in [0.2, 0.25) is 5.95 Å². The fourth-order valence-corrected chi connectivity index (χ4v) is 5.21. The minimum absolute atomic E-state index is 0.0768. The van der Waals surface area contributed by atoms with Crippen molar-refractivity contribution in [2.24, 2.45) is 10.7 Å². The molecule has 1 aliphatic heterocycles. The quantitative estimate of drug-likeness (QED) is 0.363. The fourth-order valence-electron chi connectivity index (χ4n) is 4.16. The molecule has 2 aliphatic rings. The number of allylic oxidation sites excluding steroid dienone is 1. The van der Waals surface area contributed by atoms with Crippen molar-refractivity contribution in [2.45, 2.75) is 56.8 Å². The monoisotopic (exact) mass is 561 g/mol. The summed E-state index contributed by atoms with van der Waals surface area (Å²) in [5.41, 5.74) is 8.11. The van der Waals surface area contributed by atoms with Crippen LogP contribution in [-0.4, -0.2) is 68.0 Å². The van der Waals surface area contributed by atoms with E-state index in [1.54, 1.807) is 13.8 Å². The zero-order chi connectivity index (χ0) is 27.4. The molecule has 1 saturated carbocycles. The summed E-state index contributed by atoms with van der Waals surface area (Å²) < 4.78 is 31.5. The van der Waals surface area contributed by atoms with Gasteiger partial charge in [-0.05, 0) is 83.3 Å².